The summed E-state index contributed by atoms with van der Waals surface area (Å²) in [6.07, 6.45) is 0. The van der Waals surface area contributed by atoms with Gasteiger partial charge >= 0.3 is 0 Å². The second kappa shape index (κ2) is 12.0. The first-order chi connectivity index (χ1) is 18.5. The van der Waals surface area contributed by atoms with Gasteiger partial charge in [-0.3, -0.25) is 0 Å². The zero-order valence-electron chi connectivity index (χ0n) is 22.0. The SMILES string of the molecule is CC.Cc1ccc(-c2ccccc2S(=O)(=O)NC(c2ccccc2)(c2ccccc2)c2ccccc2)cc1. The number of nitrogens with one attached hydrogen (secondary N) is 1. The molecule has 38 heavy (non-hydrogen) atoms. The van der Waals surface area contributed by atoms with Crippen LogP contribution in [0.5, 0.6) is 0 Å². The largest absolute Gasteiger partial charge is 0.242 e. The monoisotopic (exact) mass is 519 g/mol. The van der Waals surface area contributed by atoms with Crippen molar-refractivity contribution < 1.29 is 8.42 Å². The smallest absolute Gasteiger partial charge is 0.207 e. The number of benzene rings is 5. The molecule has 0 aliphatic rings. The molecule has 5 aromatic carbocycles. The Balaban J connectivity index is 0.00000164. The molecule has 0 aliphatic carbocycles. The molecule has 0 spiro atoms. The molecule has 3 nitrogen and oxygen atoms in total. The van der Waals surface area contributed by atoms with Crippen molar-refractivity contribution in [3.05, 3.63) is 162 Å². The molecule has 1 N–H and O–H groups in total. The Morgan fingerprint density at radius 2 is 0.921 bits per heavy atom. The van der Waals surface area contributed by atoms with Gasteiger partial charge in [-0.1, -0.05) is 153 Å². The lowest BCUT2D eigenvalue weighted by atomic mass is 9.78. The third kappa shape index (κ3) is 5.47. The van der Waals surface area contributed by atoms with E-state index in [0.29, 0.717) is 5.56 Å². The van der Waals surface area contributed by atoms with E-state index in [4.69, 9.17) is 0 Å². The molecule has 5 rings (SSSR count). The fourth-order valence-corrected chi connectivity index (χ4v) is 6.27. The van der Waals surface area contributed by atoms with Crippen molar-refractivity contribution in [2.75, 3.05) is 0 Å². The molecule has 0 atom stereocenters. The third-order valence-corrected chi connectivity index (χ3v) is 7.96. The lowest BCUT2D eigenvalue weighted by Crippen LogP contribution is -2.47. The first-order valence-electron chi connectivity index (χ1n) is 12.9. The van der Waals surface area contributed by atoms with Gasteiger partial charge in [0.25, 0.3) is 0 Å². The Kier molecular flexibility index (Phi) is 8.57. The van der Waals surface area contributed by atoms with Crippen LogP contribution in [-0.4, -0.2) is 8.42 Å². The van der Waals surface area contributed by atoms with Crippen molar-refractivity contribution in [2.45, 2.75) is 31.2 Å². The van der Waals surface area contributed by atoms with Crippen LogP contribution in [0.4, 0.5) is 0 Å². The molecule has 0 bridgehead atoms. The summed E-state index contributed by atoms with van der Waals surface area (Å²) in [7, 11) is -4.00. The van der Waals surface area contributed by atoms with Crippen LogP contribution >= 0.6 is 0 Å². The van der Waals surface area contributed by atoms with Crippen LogP contribution in [0.15, 0.2) is 144 Å². The second-order valence-corrected chi connectivity index (χ2v) is 10.5. The van der Waals surface area contributed by atoms with Crippen molar-refractivity contribution in [3.8, 4) is 11.1 Å². The minimum Gasteiger partial charge on any atom is -0.207 e. The molecule has 0 aliphatic heterocycles. The molecule has 192 valence electrons. The zero-order valence-corrected chi connectivity index (χ0v) is 22.8. The van der Waals surface area contributed by atoms with Crippen molar-refractivity contribution in [2.24, 2.45) is 0 Å². The van der Waals surface area contributed by atoms with E-state index < -0.39 is 15.6 Å². The standard InChI is InChI=1S/C32H27NO2S.C2H6/c1-25-21-23-26(24-22-25)30-19-11-12-20-31(30)36(34,35)33-32(27-13-5-2-6-14-27,28-15-7-3-8-16-28)29-17-9-4-10-18-29;1-2/h2-24,33H,1H3;1-2H3. The number of rotatable bonds is 7. The van der Waals surface area contributed by atoms with Crippen LogP contribution in [0, 0.1) is 6.92 Å². The van der Waals surface area contributed by atoms with Crippen molar-refractivity contribution in [1.29, 1.82) is 0 Å². The maximum absolute atomic E-state index is 14.3. The Hall–Kier alpha value is -3.99. The first-order valence-corrected chi connectivity index (χ1v) is 14.4. The fourth-order valence-electron chi connectivity index (χ4n) is 4.67. The molecule has 4 heteroatoms. The lowest BCUT2D eigenvalue weighted by molar-refractivity contribution is 0.527. The van der Waals surface area contributed by atoms with E-state index in [0.717, 1.165) is 27.8 Å². The molecule has 0 saturated heterocycles. The van der Waals surface area contributed by atoms with E-state index in [1.165, 1.54) is 0 Å². The van der Waals surface area contributed by atoms with E-state index >= 15 is 0 Å². The van der Waals surface area contributed by atoms with Crippen LogP contribution in [-0.2, 0) is 15.6 Å². The van der Waals surface area contributed by atoms with Crippen LogP contribution in [0.2, 0.25) is 0 Å². The van der Waals surface area contributed by atoms with Crippen LogP contribution in [0.1, 0.15) is 36.1 Å². The van der Waals surface area contributed by atoms with Gasteiger partial charge in [0.2, 0.25) is 10.0 Å². The maximum atomic E-state index is 14.3. The summed E-state index contributed by atoms with van der Waals surface area (Å²) >= 11 is 0. The van der Waals surface area contributed by atoms with E-state index in [2.05, 4.69) is 4.72 Å². The van der Waals surface area contributed by atoms with Gasteiger partial charge in [-0.2, -0.15) is 4.72 Å². The summed E-state index contributed by atoms with van der Waals surface area (Å²) in [6, 6.07) is 44.3. The lowest BCUT2D eigenvalue weighted by Gasteiger charge is -2.36. The summed E-state index contributed by atoms with van der Waals surface area (Å²) in [6.45, 7) is 6.02. The predicted octanol–water partition coefficient (Wildman–Crippen LogP) is 7.96. The van der Waals surface area contributed by atoms with Crippen LogP contribution < -0.4 is 4.72 Å². The first kappa shape index (κ1) is 27.1. The van der Waals surface area contributed by atoms with Crippen molar-refractivity contribution >= 4 is 10.0 Å². The van der Waals surface area contributed by atoms with E-state index in [-0.39, 0.29) is 4.90 Å². The van der Waals surface area contributed by atoms with Gasteiger partial charge in [0.05, 0.1) is 4.90 Å². The van der Waals surface area contributed by atoms with E-state index in [1.54, 1.807) is 12.1 Å². The highest BCUT2D eigenvalue weighted by Crippen LogP contribution is 2.39. The Morgan fingerprint density at radius 3 is 1.37 bits per heavy atom. The third-order valence-electron chi connectivity index (χ3n) is 6.45. The minimum absolute atomic E-state index is 0.237. The zero-order chi connectivity index (χ0) is 27.0. The maximum Gasteiger partial charge on any atom is 0.242 e. The number of hydrogen-bond donors (Lipinski definition) is 1. The Bertz CT molecular complexity index is 1450. The summed E-state index contributed by atoms with van der Waals surface area (Å²) in [5.41, 5.74) is 3.99. The van der Waals surface area contributed by atoms with Gasteiger partial charge < -0.3 is 0 Å². The highest BCUT2D eigenvalue weighted by Gasteiger charge is 2.41. The van der Waals surface area contributed by atoms with Crippen LogP contribution in [0.25, 0.3) is 11.1 Å². The summed E-state index contributed by atoms with van der Waals surface area (Å²) < 4.78 is 31.8. The average Bonchev–Trinajstić information content (AvgIpc) is 2.99. The van der Waals surface area contributed by atoms with Crippen LogP contribution in [0.3, 0.4) is 0 Å². The normalized spacial score (nSPS) is 11.3. The summed E-state index contributed by atoms with van der Waals surface area (Å²) in [4.78, 5) is 0.237. The average molecular weight is 520 g/mol. The molecule has 0 aromatic heterocycles. The fraction of sp³-hybridized carbons (Fsp3) is 0.118. The molecule has 0 fully saturated rings. The quantitative estimate of drug-likeness (QED) is 0.222. The molecule has 0 heterocycles. The number of aryl methyl sites for hydroxylation is 1. The number of sulfonamides is 1. The second-order valence-electron chi connectivity index (χ2n) is 8.82. The number of hydrogen-bond acceptors (Lipinski definition) is 2. The Morgan fingerprint density at radius 1 is 0.526 bits per heavy atom. The van der Waals surface area contributed by atoms with Gasteiger partial charge in [0.15, 0.2) is 0 Å². The highest BCUT2D eigenvalue weighted by atomic mass is 32.2. The van der Waals surface area contributed by atoms with Gasteiger partial charge in [-0.05, 0) is 35.2 Å². The van der Waals surface area contributed by atoms with Gasteiger partial charge in [-0.25, -0.2) is 8.42 Å². The summed E-state index contributed by atoms with van der Waals surface area (Å²) in [5, 5.41) is 0. The highest BCUT2D eigenvalue weighted by molar-refractivity contribution is 7.89. The van der Waals surface area contributed by atoms with Gasteiger partial charge in [0.1, 0.15) is 5.54 Å². The molecule has 0 radical (unpaired) electrons. The van der Waals surface area contributed by atoms with Gasteiger partial charge in [-0.15, -0.1) is 0 Å². The topological polar surface area (TPSA) is 46.2 Å². The van der Waals surface area contributed by atoms with Gasteiger partial charge in [0, 0.05) is 5.56 Å². The molecule has 0 amide bonds. The summed E-state index contributed by atoms with van der Waals surface area (Å²) in [5.74, 6) is 0. The molecule has 0 unspecified atom stereocenters. The molecule has 5 aromatic rings. The van der Waals surface area contributed by atoms with Crippen molar-refractivity contribution in [1.82, 2.24) is 4.72 Å². The Labute approximate surface area is 226 Å². The van der Waals surface area contributed by atoms with E-state index in [1.807, 2.05) is 148 Å². The molecular weight excluding hydrogens is 486 g/mol. The van der Waals surface area contributed by atoms with Crippen molar-refractivity contribution in [3.63, 3.8) is 0 Å². The minimum atomic E-state index is -4.00. The molecule has 0 saturated carbocycles. The predicted molar refractivity (Wildman–Crippen MR) is 157 cm³/mol. The molecular formula is C34H33NO2S. The van der Waals surface area contributed by atoms with E-state index in [9.17, 15) is 8.42 Å².